The van der Waals surface area contributed by atoms with E-state index in [9.17, 15) is 5.11 Å². The monoisotopic (exact) mass is 235 g/mol. The van der Waals surface area contributed by atoms with Crippen molar-refractivity contribution in [1.29, 1.82) is 0 Å². The molecule has 1 aromatic rings. The molecular formula is C15H25NO. The van der Waals surface area contributed by atoms with Gasteiger partial charge in [0.15, 0.2) is 0 Å². The first-order valence-electron chi connectivity index (χ1n) is 6.29. The zero-order valence-electron chi connectivity index (χ0n) is 11.9. The lowest BCUT2D eigenvalue weighted by molar-refractivity contribution is 0.111. The summed E-state index contributed by atoms with van der Waals surface area (Å²) in [7, 11) is 2.05. The lowest BCUT2D eigenvalue weighted by atomic mass is 9.95. The Morgan fingerprint density at radius 1 is 1.12 bits per heavy atom. The Labute approximate surface area is 105 Å². The van der Waals surface area contributed by atoms with Crippen molar-refractivity contribution in [3.8, 4) is 0 Å². The van der Waals surface area contributed by atoms with Gasteiger partial charge in [-0.1, -0.05) is 17.7 Å². The second-order valence-electron chi connectivity index (χ2n) is 5.36. The number of aryl methyl sites for hydroxylation is 3. The minimum absolute atomic E-state index is 0.400. The normalized spacial score (nSPS) is 13.5. The van der Waals surface area contributed by atoms with Gasteiger partial charge in [0.25, 0.3) is 0 Å². The van der Waals surface area contributed by atoms with Gasteiger partial charge in [-0.25, -0.2) is 0 Å². The molecule has 0 saturated carbocycles. The second-order valence-corrected chi connectivity index (χ2v) is 5.36. The van der Waals surface area contributed by atoms with Gasteiger partial charge in [-0.3, -0.25) is 0 Å². The number of aliphatic hydroxyl groups excluding tert-OH is 1. The maximum Gasteiger partial charge on any atom is 0.0922 e. The zero-order valence-corrected chi connectivity index (χ0v) is 11.9. The molecule has 0 aliphatic carbocycles. The minimum Gasteiger partial charge on any atom is -0.387 e. The largest absolute Gasteiger partial charge is 0.387 e. The van der Waals surface area contributed by atoms with E-state index in [1.165, 1.54) is 16.7 Å². The molecular weight excluding hydrogens is 210 g/mol. The van der Waals surface area contributed by atoms with Crippen LogP contribution in [0.4, 0.5) is 0 Å². The Balaban J connectivity index is 2.93. The average molecular weight is 235 g/mol. The van der Waals surface area contributed by atoms with E-state index in [0.717, 1.165) is 5.56 Å². The van der Waals surface area contributed by atoms with Crippen LogP contribution in [-0.2, 0) is 0 Å². The van der Waals surface area contributed by atoms with E-state index >= 15 is 0 Å². The number of likely N-dealkylation sites (N-methyl/N-ethyl adjacent to an activating group) is 1. The lowest BCUT2D eigenvalue weighted by Crippen LogP contribution is -2.31. The second kappa shape index (κ2) is 5.65. The predicted octanol–water partition coefficient (Wildman–Crippen LogP) is 2.99. The summed E-state index contributed by atoms with van der Waals surface area (Å²) in [6.07, 6.45) is -0.400. The smallest absolute Gasteiger partial charge is 0.0922 e. The van der Waals surface area contributed by atoms with Gasteiger partial charge in [0.2, 0.25) is 0 Å². The van der Waals surface area contributed by atoms with Gasteiger partial charge in [-0.2, -0.15) is 0 Å². The van der Waals surface area contributed by atoms with E-state index in [4.69, 9.17) is 0 Å². The Morgan fingerprint density at radius 2 is 1.59 bits per heavy atom. The Kier molecular flexibility index (Phi) is 4.72. The maximum absolute atomic E-state index is 10.4. The van der Waals surface area contributed by atoms with Gasteiger partial charge in [0.05, 0.1) is 6.10 Å². The summed E-state index contributed by atoms with van der Waals surface area (Å²) in [5, 5.41) is 10.4. The van der Waals surface area contributed by atoms with Gasteiger partial charge in [0, 0.05) is 12.6 Å². The van der Waals surface area contributed by atoms with Crippen molar-refractivity contribution in [1.82, 2.24) is 4.90 Å². The minimum atomic E-state index is -0.400. The highest BCUT2D eigenvalue weighted by atomic mass is 16.3. The van der Waals surface area contributed by atoms with E-state index < -0.39 is 6.10 Å². The quantitative estimate of drug-likeness (QED) is 0.867. The molecule has 0 heterocycles. The third-order valence-corrected chi connectivity index (χ3v) is 3.41. The molecule has 0 fully saturated rings. The molecule has 0 aliphatic heterocycles. The first-order chi connectivity index (χ1) is 7.82. The van der Waals surface area contributed by atoms with Crippen molar-refractivity contribution in [3.63, 3.8) is 0 Å². The van der Waals surface area contributed by atoms with Crippen LogP contribution in [0.25, 0.3) is 0 Å². The SMILES string of the molecule is Cc1cc(C)c(C(O)CN(C)C(C)C)c(C)c1. The number of aliphatic hydroxyl groups is 1. The highest BCUT2D eigenvalue weighted by Crippen LogP contribution is 2.24. The van der Waals surface area contributed by atoms with E-state index in [1.54, 1.807) is 0 Å². The number of hydrogen-bond donors (Lipinski definition) is 1. The van der Waals surface area contributed by atoms with Crippen LogP contribution in [0.3, 0.4) is 0 Å². The lowest BCUT2D eigenvalue weighted by Gasteiger charge is -2.26. The molecule has 0 aromatic heterocycles. The van der Waals surface area contributed by atoms with Crippen LogP contribution < -0.4 is 0 Å². The predicted molar refractivity (Wildman–Crippen MR) is 73.4 cm³/mol. The average Bonchev–Trinajstić information content (AvgIpc) is 2.15. The van der Waals surface area contributed by atoms with E-state index in [-0.39, 0.29) is 0 Å². The molecule has 1 atom stereocenters. The fourth-order valence-electron chi connectivity index (χ4n) is 2.29. The van der Waals surface area contributed by atoms with Crippen molar-refractivity contribution in [3.05, 3.63) is 34.4 Å². The van der Waals surface area contributed by atoms with Crippen LogP contribution in [0.15, 0.2) is 12.1 Å². The molecule has 1 rings (SSSR count). The van der Waals surface area contributed by atoms with Gasteiger partial charge in [0.1, 0.15) is 0 Å². The van der Waals surface area contributed by atoms with Crippen molar-refractivity contribution >= 4 is 0 Å². The number of hydrogen-bond acceptors (Lipinski definition) is 2. The summed E-state index contributed by atoms with van der Waals surface area (Å²) in [6, 6.07) is 4.73. The molecule has 0 saturated heterocycles. The highest BCUT2D eigenvalue weighted by Gasteiger charge is 2.16. The molecule has 1 unspecified atom stereocenters. The number of nitrogens with zero attached hydrogens (tertiary/aromatic N) is 1. The third-order valence-electron chi connectivity index (χ3n) is 3.41. The molecule has 0 radical (unpaired) electrons. The summed E-state index contributed by atoms with van der Waals surface area (Å²) in [6.45, 7) is 11.2. The third kappa shape index (κ3) is 3.55. The molecule has 2 nitrogen and oxygen atoms in total. The number of rotatable bonds is 4. The van der Waals surface area contributed by atoms with Crippen molar-refractivity contribution in [2.24, 2.45) is 0 Å². The molecule has 17 heavy (non-hydrogen) atoms. The summed E-state index contributed by atoms with van der Waals surface area (Å²) in [5.74, 6) is 0. The Bertz CT molecular complexity index is 362. The topological polar surface area (TPSA) is 23.5 Å². The molecule has 2 heteroatoms. The summed E-state index contributed by atoms with van der Waals surface area (Å²) in [4.78, 5) is 2.17. The molecule has 0 aliphatic rings. The molecule has 96 valence electrons. The molecule has 1 aromatic carbocycles. The van der Waals surface area contributed by atoms with Gasteiger partial charge in [-0.05, 0) is 58.4 Å². The Morgan fingerprint density at radius 3 is 2.00 bits per heavy atom. The highest BCUT2D eigenvalue weighted by molar-refractivity contribution is 5.39. The first kappa shape index (κ1) is 14.2. The van der Waals surface area contributed by atoms with Crippen LogP contribution in [0, 0.1) is 20.8 Å². The van der Waals surface area contributed by atoms with Crippen LogP contribution in [0.5, 0.6) is 0 Å². The van der Waals surface area contributed by atoms with Crippen LogP contribution in [0.1, 0.15) is 42.2 Å². The number of benzene rings is 1. The standard InChI is InChI=1S/C15H25NO/c1-10(2)16(6)9-14(17)15-12(4)7-11(3)8-13(15)5/h7-8,10,14,17H,9H2,1-6H3. The van der Waals surface area contributed by atoms with Crippen LogP contribution in [-0.4, -0.2) is 29.6 Å². The zero-order chi connectivity index (χ0) is 13.2. The van der Waals surface area contributed by atoms with Gasteiger partial charge < -0.3 is 10.0 Å². The van der Waals surface area contributed by atoms with E-state index in [2.05, 4.69) is 51.7 Å². The van der Waals surface area contributed by atoms with Crippen LogP contribution in [0.2, 0.25) is 0 Å². The fourth-order valence-corrected chi connectivity index (χ4v) is 2.29. The summed E-state index contributed by atoms with van der Waals surface area (Å²) >= 11 is 0. The van der Waals surface area contributed by atoms with E-state index in [1.807, 2.05) is 7.05 Å². The summed E-state index contributed by atoms with van der Waals surface area (Å²) in [5.41, 5.74) is 4.72. The first-order valence-corrected chi connectivity index (χ1v) is 6.29. The molecule has 1 N–H and O–H groups in total. The molecule has 0 bridgehead atoms. The van der Waals surface area contributed by atoms with Gasteiger partial charge in [-0.15, -0.1) is 0 Å². The van der Waals surface area contributed by atoms with Crippen molar-refractivity contribution in [2.45, 2.75) is 46.8 Å². The Hall–Kier alpha value is -0.860. The van der Waals surface area contributed by atoms with Crippen molar-refractivity contribution in [2.75, 3.05) is 13.6 Å². The van der Waals surface area contributed by atoms with Gasteiger partial charge >= 0.3 is 0 Å². The molecule has 0 amide bonds. The maximum atomic E-state index is 10.4. The molecule has 0 spiro atoms. The van der Waals surface area contributed by atoms with E-state index in [0.29, 0.717) is 12.6 Å². The van der Waals surface area contributed by atoms with Crippen molar-refractivity contribution < 1.29 is 5.11 Å². The fraction of sp³-hybridized carbons (Fsp3) is 0.600. The summed E-state index contributed by atoms with van der Waals surface area (Å²) < 4.78 is 0. The van der Waals surface area contributed by atoms with Crippen LogP contribution >= 0.6 is 0 Å².